The Morgan fingerprint density at radius 2 is 2.31 bits per heavy atom. The molecule has 0 spiro atoms. The zero-order valence-corrected chi connectivity index (χ0v) is 8.77. The van der Waals surface area contributed by atoms with Crippen molar-refractivity contribution < 1.29 is 9.53 Å². The van der Waals surface area contributed by atoms with Gasteiger partial charge in [-0.15, -0.1) is 0 Å². The smallest absolute Gasteiger partial charge is 0.321 e. The van der Waals surface area contributed by atoms with Crippen molar-refractivity contribution in [2.75, 3.05) is 7.11 Å². The summed E-state index contributed by atoms with van der Waals surface area (Å²) in [4.78, 5) is 14.3. The van der Waals surface area contributed by atoms with Crippen LogP contribution in [0.2, 0.25) is 0 Å². The number of carbonyl (C=O) groups excluding carboxylic acids is 1. The van der Waals surface area contributed by atoms with Crippen LogP contribution in [0, 0.1) is 0 Å². The molecule has 1 aromatic heterocycles. The highest BCUT2D eigenvalue weighted by Gasteiger charge is 2.30. The van der Waals surface area contributed by atoms with Gasteiger partial charge in [-0.05, 0) is 26.0 Å². The molecule has 0 saturated heterocycles. The van der Waals surface area contributed by atoms with Gasteiger partial charge in [-0.1, -0.05) is 11.8 Å². The number of aromatic amines is 1. The van der Waals surface area contributed by atoms with Gasteiger partial charge in [0.2, 0.25) is 0 Å². The Bertz CT molecular complexity index is 280. The Hall–Kier alpha value is -0.900. The summed E-state index contributed by atoms with van der Waals surface area (Å²) >= 11 is 1.46. The zero-order chi connectivity index (χ0) is 9.90. The lowest BCUT2D eigenvalue weighted by atomic mass is 10.2. The van der Waals surface area contributed by atoms with Gasteiger partial charge >= 0.3 is 5.97 Å². The molecule has 0 atom stereocenters. The summed E-state index contributed by atoms with van der Waals surface area (Å²) < 4.78 is 4.15. The third-order valence-electron chi connectivity index (χ3n) is 1.61. The van der Waals surface area contributed by atoms with Crippen molar-refractivity contribution in [1.29, 1.82) is 0 Å². The molecule has 0 unspecified atom stereocenters. The number of hydrogen-bond donors (Lipinski definition) is 1. The summed E-state index contributed by atoms with van der Waals surface area (Å²) in [6.45, 7) is 3.68. The van der Waals surface area contributed by atoms with Gasteiger partial charge in [-0.3, -0.25) is 4.79 Å². The maximum absolute atomic E-state index is 11.3. The van der Waals surface area contributed by atoms with Gasteiger partial charge in [0, 0.05) is 6.20 Å². The first-order valence-electron chi connectivity index (χ1n) is 3.97. The van der Waals surface area contributed by atoms with Gasteiger partial charge in [0.25, 0.3) is 0 Å². The Morgan fingerprint density at radius 3 is 2.77 bits per heavy atom. The Morgan fingerprint density at radius 1 is 1.62 bits per heavy atom. The molecule has 0 saturated carbocycles. The molecule has 1 rings (SSSR count). The molecule has 1 heterocycles. The van der Waals surface area contributed by atoms with E-state index >= 15 is 0 Å². The molecule has 1 N–H and O–H groups in total. The number of H-pyrrole nitrogens is 1. The predicted molar refractivity (Wildman–Crippen MR) is 52.7 cm³/mol. The van der Waals surface area contributed by atoms with Crippen LogP contribution in [0.25, 0.3) is 0 Å². The number of carbonyl (C=O) groups is 1. The number of thioether (sulfide) groups is 1. The molecule has 0 amide bonds. The number of esters is 1. The highest BCUT2D eigenvalue weighted by Crippen LogP contribution is 2.31. The molecule has 0 aliphatic carbocycles. The number of hydrogen-bond acceptors (Lipinski definition) is 3. The van der Waals surface area contributed by atoms with Gasteiger partial charge in [-0.25, -0.2) is 0 Å². The van der Waals surface area contributed by atoms with E-state index in [0.29, 0.717) is 0 Å². The van der Waals surface area contributed by atoms with Crippen LogP contribution in [0.3, 0.4) is 0 Å². The SMILES string of the molecule is COC(=O)C(C)(C)Sc1ccc[nH]1. The molecule has 1 aromatic rings. The molecule has 3 nitrogen and oxygen atoms in total. The molecule has 0 aliphatic rings. The average Bonchev–Trinajstić information content (AvgIpc) is 2.54. The van der Waals surface area contributed by atoms with Crippen LogP contribution in [0.1, 0.15) is 13.8 Å². The van der Waals surface area contributed by atoms with E-state index in [-0.39, 0.29) is 5.97 Å². The molecule has 0 bridgehead atoms. The summed E-state index contributed by atoms with van der Waals surface area (Å²) in [6, 6.07) is 3.82. The normalized spacial score (nSPS) is 11.3. The fourth-order valence-electron chi connectivity index (χ4n) is 0.940. The molecule has 0 aromatic carbocycles. The quantitative estimate of drug-likeness (QED) is 0.598. The highest BCUT2D eigenvalue weighted by atomic mass is 32.2. The monoisotopic (exact) mass is 199 g/mol. The van der Waals surface area contributed by atoms with Crippen LogP contribution in [-0.2, 0) is 9.53 Å². The lowest BCUT2D eigenvalue weighted by Gasteiger charge is -2.19. The van der Waals surface area contributed by atoms with E-state index in [4.69, 9.17) is 4.74 Å². The van der Waals surface area contributed by atoms with E-state index in [0.717, 1.165) is 5.03 Å². The number of ether oxygens (including phenoxy) is 1. The van der Waals surface area contributed by atoms with Crippen LogP contribution in [-0.4, -0.2) is 22.8 Å². The number of methoxy groups -OCH3 is 1. The Labute approximate surface area is 81.9 Å². The van der Waals surface area contributed by atoms with E-state index in [9.17, 15) is 4.79 Å². The lowest BCUT2D eigenvalue weighted by Crippen LogP contribution is -2.28. The van der Waals surface area contributed by atoms with Crippen molar-refractivity contribution in [3.63, 3.8) is 0 Å². The second-order valence-corrected chi connectivity index (χ2v) is 4.80. The molecule has 13 heavy (non-hydrogen) atoms. The number of nitrogens with one attached hydrogen (secondary N) is 1. The topological polar surface area (TPSA) is 42.1 Å². The van der Waals surface area contributed by atoms with Crippen molar-refractivity contribution in [3.8, 4) is 0 Å². The fourth-order valence-corrected chi connectivity index (χ4v) is 1.93. The van der Waals surface area contributed by atoms with Crippen LogP contribution < -0.4 is 0 Å². The average molecular weight is 199 g/mol. The van der Waals surface area contributed by atoms with Crippen LogP contribution in [0.4, 0.5) is 0 Å². The molecule has 0 radical (unpaired) electrons. The predicted octanol–water partition coefficient (Wildman–Crippen LogP) is 2.06. The first kappa shape index (κ1) is 10.2. The van der Waals surface area contributed by atoms with Crippen LogP contribution in [0.15, 0.2) is 23.4 Å². The van der Waals surface area contributed by atoms with Gasteiger partial charge < -0.3 is 9.72 Å². The molecule has 4 heteroatoms. The van der Waals surface area contributed by atoms with Crippen molar-refractivity contribution in [2.24, 2.45) is 0 Å². The molecular formula is C9H13NO2S. The number of rotatable bonds is 3. The largest absolute Gasteiger partial charge is 0.468 e. The first-order valence-corrected chi connectivity index (χ1v) is 4.79. The third-order valence-corrected chi connectivity index (χ3v) is 2.76. The summed E-state index contributed by atoms with van der Waals surface area (Å²) in [5, 5.41) is 0.968. The third kappa shape index (κ3) is 2.52. The summed E-state index contributed by atoms with van der Waals surface area (Å²) in [5.41, 5.74) is 0. The molecular weight excluding hydrogens is 186 g/mol. The van der Waals surface area contributed by atoms with Crippen molar-refractivity contribution in [2.45, 2.75) is 23.6 Å². The zero-order valence-electron chi connectivity index (χ0n) is 7.96. The van der Waals surface area contributed by atoms with Gasteiger partial charge in [0.1, 0.15) is 4.75 Å². The van der Waals surface area contributed by atoms with E-state index < -0.39 is 4.75 Å². The maximum atomic E-state index is 11.3. The van der Waals surface area contributed by atoms with Crippen molar-refractivity contribution in [3.05, 3.63) is 18.3 Å². The molecule has 0 aliphatic heterocycles. The first-order chi connectivity index (χ1) is 6.06. The molecule has 72 valence electrons. The summed E-state index contributed by atoms with van der Waals surface area (Å²) in [6.07, 6.45) is 1.83. The van der Waals surface area contributed by atoms with E-state index in [2.05, 4.69) is 4.98 Å². The van der Waals surface area contributed by atoms with Crippen molar-refractivity contribution >= 4 is 17.7 Å². The van der Waals surface area contributed by atoms with Gasteiger partial charge in [0.15, 0.2) is 0 Å². The minimum atomic E-state index is -0.542. The van der Waals surface area contributed by atoms with Crippen LogP contribution in [0.5, 0.6) is 0 Å². The minimum Gasteiger partial charge on any atom is -0.468 e. The van der Waals surface area contributed by atoms with E-state index in [1.165, 1.54) is 18.9 Å². The second-order valence-electron chi connectivity index (χ2n) is 3.14. The minimum absolute atomic E-state index is 0.216. The van der Waals surface area contributed by atoms with Gasteiger partial charge in [-0.2, -0.15) is 0 Å². The second kappa shape index (κ2) is 3.87. The standard InChI is InChI=1S/C9H13NO2S/c1-9(2,8(11)12-3)13-7-5-4-6-10-7/h4-6,10H,1-3H3. The maximum Gasteiger partial charge on any atom is 0.321 e. The van der Waals surface area contributed by atoms with Gasteiger partial charge in [0.05, 0.1) is 12.1 Å². The highest BCUT2D eigenvalue weighted by molar-refractivity contribution is 8.01. The number of aromatic nitrogens is 1. The lowest BCUT2D eigenvalue weighted by molar-refractivity contribution is -0.142. The van der Waals surface area contributed by atoms with Crippen molar-refractivity contribution in [1.82, 2.24) is 4.98 Å². The summed E-state index contributed by atoms with van der Waals surface area (Å²) in [5.74, 6) is -0.216. The molecule has 0 fully saturated rings. The van der Waals surface area contributed by atoms with E-state index in [1.54, 1.807) is 0 Å². The fraction of sp³-hybridized carbons (Fsp3) is 0.444. The van der Waals surface area contributed by atoms with Crippen LogP contribution >= 0.6 is 11.8 Å². The Kier molecular flexibility index (Phi) is 3.03. The Balaban J connectivity index is 2.67. The summed E-state index contributed by atoms with van der Waals surface area (Å²) in [7, 11) is 1.40. The van der Waals surface area contributed by atoms with E-state index in [1.807, 2.05) is 32.2 Å².